The Kier molecular flexibility index (Phi) is 2.57. The molecule has 0 atom stereocenters. The van der Waals surface area contributed by atoms with Crippen molar-refractivity contribution in [1.29, 1.82) is 0 Å². The Bertz CT molecular complexity index is 691. The number of nitrogens with one attached hydrogen (secondary N) is 1. The molecule has 1 aromatic carbocycles. The molecule has 2 aromatic rings. The fourth-order valence-electron chi connectivity index (χ4n) is 1.60. The van der Waals surface area contributed by atoms with Gasteiger partial charge in [0.15, 0.2) is 0 Å². The lowest BCUT2D eigenvalue weighted by molar-refractivity contribution is -0.389. The van der Waals surface area contributed by atoms with E-state index in [2.05, 4.69) is 0 Å². The van der Waals surface area contributed by atoms with E-state index in [-0.39, 0.29) is 10.9 Å². The molecule has 5 nitrogen and oxygen atoms in total. The van der Waals surface area contributed by atoms with Crippen LogP contribution in [0.5, 0.6) is 0 Å². The summed E-state index contributed by atoms with van der Waals surface area (Å²) < 4.78 is 37.9. The summed E-state index contributed by atoms with van der Waals surface area (Å²) in [5.74, 6) is 0. The van der Waals surface area contributed by atoms with Crippen LogP contribution >= 0.6 is 0 Å². The Morgan fingerprint density at radius 2 is 1.83 bits per heavy atom. The number of hydrogen-bond donors (Lipinski definition) is 1. The van der Waals surface area contributed by atoms with Crippen molar-refractivity contribution >= 4 is 16.6 Å². The first-order valence-corrected chi connectivity index (χ1v) is 4.69. The van der Waals surface area contributed by atoms with Crippen LogP contribution in [0.3, 0.4) is 0 Å². The topological polar surface area (TPSA) is 76.0 Å². The van der Waals surface area contributed by atoms with E-state index in [1.165, 1.54) is 24.3 Å². The van der Waals surface area contributed by atoms with Gasteiger partial charge in [0.2, 0.25) is 5.69 Å². The average Bonchev–Trinajstić information content (AvgIpc) is 2.27. The second-order valence-corrected chi connectivity index (χ2v) is 3.48. The van der Waals surface area contributed by atoms with E-state index in [9.17, 15) is 28.1 Å². The fraction of sp³-hybridized carbons (Fsp3) is 0.100. The number of nitrogens with zero attached hydrogens (tertiary/aromatic N) is 1. The van der Waals surface area contributed by atoms with Gasteiger partial charge in [-0.15, -0.1) is 0 Å². The minimum atomic E-state index is -4.99. The van der Waals surface area contributed by atoms with Gasteiger partial charge in [-0.2, -0.15) is 13.2 Å². The molecule has 0 aliphatic heterocycles. The summed E-state index contributed by atoms with van der Waals surface area (Å²) in [6.45, 7) is 0. The van der Waals surface area contributed by atoms with Crippen LogP contribution in [0.4, 0.5) is 18.9 Å². The Hall–Kier alpha value is -2.38. The highest BCUT2D eigenvalue weighted by atomic mass is 19.4. The maximum absolute atomic E-state index is 12.6. The number of nitro groups is 1. The van der Waals surface area contributed by atoms with Gasteiger partial charge in [-0.3, -0.25) is 14.9 Å². The van der Waals surface area contributed by atoms with Crippen LogP contribution in [0, 0.1) is 10.1 Å². The van der Waals surface area contributed by atoms with Crippen LogP contribution in [0.15, 0.2) is 29.1 Å². The highest BCUT2D eigenvalue weighted by Crippen LogP contribution is 2.33. The van der Waals surface area contributed by atoms with Gasteiger partial charge in [0.1, 0.15) is 0 Å². The van der Waals surface area contributed by atoms with Crippen LogP contribution in [-0.4, -0.2) is 9.91 Å². The number of fused-ring (bicyclic) bond motifs is 1. The molecule has 0 bridgehead atoms. The molecule has 1 heterocycles. The van der Waals surface area contributed by atoms with Crippen molar-refractivity contribution in [1.82, 2.24) is 4.98 Å². The van der Waals surface area contributed by atoms with E-state index >= 15 is 0 Å². The Morgan fingerprint density at radius 1 is 1.22 bits per heavy atom. The van der Waals surface area contributed by atoms with Crippen LogP contribution in [0.25, 0.3) is 10.9 Å². The zero-order chi connectivity index (χ0) is 13.5. The number of para-hydroxylation sites is 1. The largest absolute Gasteiger partial charge is 0.438 e. The molecule has 0 radical (unpaired) electrons. The van der Waals surface area contributed by atoms with Gasteiger partial charge in [0.25, 0.3) is 5.43 Å². The van der Waals surface area contributed by atoms with E-state index in [1.807, 2.05) is 4.98 Å². The van der Waals surface area contributed by atoms with Crippen molar-refractivity contribution in [2.75, 3.05) is 0 Å². The number of hydrogen-bond acceptors (Lipinski definition) is 3. The van der Waals surface area contributed by atoms with E-state index in [4.69, 9.17) is 0 Å². The zero-order valence-electron chi connectivity index (χ0n) is 8.62. The molecular formula is C10H5F3N2O3. The summed E-state index contributed by atoms with van der Waals surface area (Å²) >= 11 is 0. The molecule has 18 heavy (non-hydrogen) atoms. The highest BCUT2D eigenvalue weighted by Gasteiger charge is 2.41. The standard InChI is InChI=1S/C10H5F3N2O3/c11-10(12,13)9-7(15(17)18)8(16)5-3-1-2-4-6(5)14-9/h1-4H,(H,14,16). The molecular weight excluding hydrogens is 253 g/mol. The summed E-state index contributed by atoms with van der Waals surface area (Å²) in [6.07, 6.45) is -4.99. The van der Waals surface area contributed by atoms with E-state index in [0.29, 0.717) is 0 Å². The zero-order valence-corrected chi connectivity index (χ0v) is 8.62. The Labute approximate surface area is 97.0 Å². The van der Waals surface area contributed by atoms with Crippen molar-refractivity contribution < 1.29 is 18.1 Å². The first kappa shape index (κ1) is 12.1. The molecule has 1 N–H and O–H groups in total. The van der Waals surface area contributed by atoms with Gasteiger partial charge in [0.05, 0.1) is 15.8 Å². The van der Waals surface area contributed by atoms with Crippen LogP contribution in [-0.2, 0) is 6.18 Å². The minimum Gasteiger partial charge on any atom is -0.345 e. The van der Waals surface area contributed by atoms with Crippen LogP contribution < -0.4 is 5.43 Å². The monoisotopic (exact) mass is 258 g/mol. The maximum Gasteiger partial charge on any atom is 0.438 e. The highest BCUT2D eigenvalue weighted by molar-refractivity contribution is 5.81. The van der Waals surface area contributed by atoms with Gasteiger partial charge in [0, 0.05) is 0 Å². The molecule has 0 aliphatic carbocycles. The molecule has 1 aromatic heterocycles. The predicted octanol–water partition coefficient (Wildman–Crippen LogP) is 2.46. The Balaban J connectivity index is 2.98. The third-order valence-electron chi connectivity index (χ3n) is 2.35. The van der Waals surface area contributed by atoms with Crippen LogP contribution in [0.2, 0.25) is 0 Å². The third kappa shape index (κ3) is 1.81. The van der Waals surface area contributed by atoms with Crippen molar-refractivity contribution in [3.8, 4) is 0 Å². The first-order chi connectivity index (χ1) is 8.32. The van der Waals surface area contributed by atoms with Crippen molar-refractivity contribution in [3.05, 3.63) is 50.3 Å². The summed E-state index contributed by atoms with van der Waals surface area (Å²) in [7, 11) is 0. The van der Waals surface area contributed by atoms with Gasteiger partial charge < -0.3 is 4.98 Å². The molecule has 0 saturated carbocycles. The number of halogens is 3. The van der Waals surface area contributed by atoms with Crippen molar-refractivity contribution in [2.24, 2.45) is 0 Å². The second kappa shape index (κ2) is 3.83. The number of rotatable bonds is 1. The molecule has 0 amide bonds. The molecule has 0 spiro atoms. The number of H-pyrrole nitrogens is 1. The molecule has 0 aliphatic rings. The second-order valence-electron chi connectivity index (χ2n) is 3.48. The smallest absolute Gasteiger partial charge is 0.345 e. The van der Waals surface area contributed by atoms with Gasteiger partial charge in [-0.25, -0.2) is 0 Å². The quantitative estimate of drug-likeness (QED) is 0.630. The van der Waals surface area contributed by atoms with E-state index < -0.39 is 27.9 Å². The number of pyridine rings is 1. The fourth-order valence-corrected chi connectivity index (χ4v) is 1.60. The summed E-state index contributed by atoms with van der Waals surface area (Å²) in [4.78, 5) is 22.9. The number of alkyl halides is 3. The van der Waals surface area contributed by atoms with Crippen molar-refractivity contribution in [2.45, 2.75) is 6.18 Å². The summed E-state index contributed by atoms with van der Waals surface area (Å²) in [5, 5.41) is 10.5. The lowest BCUT2D eigenvalue weighted by Gasteiger charge is -2.08. The predicted molar refractivity (Wildman–Crippen MR) is 56.2 cm³/mol. The number of aromatic amines is 1. The SMILES string of the molecule is O=c1c([N+](=O)[O-])c(C(F)(F)F)[nH]c2ccccc12. The van der Waals surface area contributed by atoms with Crippen molar-refractivity contribution in [3.63, 3.8) is 0 Å². The minimum absolute atomic E-state index is 0.0968. The number of benzene rings is 1. The molecule has 0 unspecified atom stereocenters. The molecule has 94 valence electrons. The normalized spacial score (nSPS) is 11.7. The summed E-state index contributed by atoms with van der Waals surface area (Å²) in [5.41, 5.74) is -4.47. The summed E-state index contributed by atoms with van der Waals surface area (Å²) in [6, 6.07) is 5.30. The lowest BCUT2D eigenvalue weighted by Crippen LogP contribution is -2.19. The third-order valence-corrected chi connectivity index (χ3v) is 2.35. The average molecular weight is 258 g/mol. The molecule has 8 heteroatoms. The van der Waals surface area contributed by atoms with E-state index in [1.54, 1.807) is 0 Å². The molecule has 0 saturated heterocycles. The van der Waals surface area contributed by atoms with Gasteiger partial charge in [-0.1, -0.05) is 12.1 Å². The maximum atomic E-state index is 12.6. The van der Waals surface area contributed by atoms with Crippen LogP contribution in [0.1, 0.15) is 5.69 Å². The number of aromatic nitrogens is 1. The van der Waals surface area contributed by atoms with E-state index in [0.717, 1.165) is 0 Å². The lowest BCUT2D eigenvalue weighted by atomic mass is 10.1. The molecule has 0 fully saturated rings. The first-order valence-electron chi connectivity index (χ1n) is 4.69. The molecule has 2 rings (SSSR count). The Morgan fingerprint density at radius 3 is 2.39 bits per heavy atom. The van der Waals surface area contributed by atoms with Gasteiger partial charge >= 0.3 is 11.9 Å². The van der Waals surface area contributed by atoms with Gasteiger partial charge in [-0.05, 0) is 12.1 Å².